The van der Waals surface area contributed by atoms with Crippen molar-refractivity contribution in [1.29, 1.82) is 0 Å². The molecule has 0 unspecified atom stereocenters. The van der Waals surface area contributed by atoms with E-state index in [2.05, 4.69) is 66.7 Å². The van der Waals surface area contributed by atoms with Crippen molar-refractivity contribution < 1.29 is 0 Å². The van der Waals surface area contributed by atoms with Crippen LogP contribution in [0, 0.1) is 0 Å². The highest BCUT2D eigenvalue weighted by atomic mass is 15.0. The van der Waals surface area contributed by atoms with Crippen LogP contribution in [-0.2, 0) is 11.8 Å². The molecule has 0 amide bonds. The normalized spacial score (nSPS) is 14.2. The van der Waals surface area contributed by atoms with E-state index in [0.29, 0.717) is 0 Å². The number of rotatable bonds is 2. The van der Waals surface area contributed by atoms with Gasteiger partial charge < -0.3 is 10.6 Å². The molecule has 110 valence electrons. The number of hydrogen-bond donors (Lipinski definition) is 2. The Kier molecular flexibility index (Phi) is 3.58. The molecule has 3 heteroatoms. The van der Waals surface area contributed by atoms with Gasteiger partial charge in [0, 0.05) is 24.1 Å². The van der Waals surface area contributed by atoms with E-state index in [-0.39, 0.29) is 5.41 Å². The highest BCUT2D eigenvalue weighted by Gasteiger charge is 2.14. The quantitative estimate of drug-likeness (QED) is 0.852. The van der Waals surface area contributed by atoms with Crippen LogP contribution < -0.4 is 10.6 Å². The van der Waals surface area contributed by atoms with Gasteiger partial charge in [0.1, 0.15) is 5.82 Å². The summed E-state index contributed by atoms with van der Waals surface area (Å²) < 4.78 is 0. The van der Waals surface area contributed by atoms with Crippen LogP contribution in [0.2, 0.25) is 0 Å². The molecule has 0 fully saturated rings. The molecule has 0 saturated heterocycles. The van der Waals surface area contributed by atoms with Crippen LogP contribution in [0.15, 0.2) is 36.5 Å². The minimum absolute atomic E-state index is 0.142. The lowest BCUT2D eigenvalue weighted by molar-refractivity contribution is 0.587. The molecule has 3 nitrogen and oxygen atoms in total. The lowest BCUT2D eigenvalue weighted by Crippen LogP contribution is -2.12. The van der Waals surface area contributed by atoms with E-state index in [9.17, 15) is 0 Å². The van der Waals surface area contributed by atoms with Gasteiger partial charge >= 0.3 is 0 Å². The lowest BCUT2D eigenvalue weighted by Gasteiger charge is -2.20. The Morgan fingerprint density at radius 2 is 2.00 bits per heavy atom. The second kappa shape index (κ2) is 5.40. The number of aromatic nitrogens is 1. The van der Waals surface area contributed by atoms with E-state index < -0.39 is 0 Å². The van der Waals surface area contributed by atoms with Gasteiger partial charge in [-0.25, -0.2) is 4.98 Å². The Morgan fingerprint density at radius 3 is 2.71 bits per heavy atom. The van der Waals surface area contributed by atoms with Crippen molar-refractivity contribution in [3.8, 4) is 0 Å². The molecule has 0 saturated carbocycles. The summed E-state index contributed by atoms with van der Waals surface area (Å²) in [5, 5.41) is 6.83. The molecular formula is C18H23N3. The van der Waals surface area contributed by atoms with E-state index >= 15 is 0 Å². The minimum atomic E-state index is 0.142. The first-order valence-electron chi connectivity index (χ1n) is 7.63. The van der Waals surface area contributed by atoms with Crippen molar-refractivity contribution in [2.75, 3.05) is 17.2 Å². The van der Waals surface area contributed by atoms with Gasteiger partial charge in [0.05, 0.1) is 0 Å². The van der Waals surface area contributed by atoms with E-state index in [1.807, 2.05) is 6.20 Å². The van der Waals surface area contributed by atoms with E-state index in [1.165, 1.54) is 23.2 Å². The smallest absolute Gasteiger partial charge is 0.130 e. The molecule has 0 aliphatic carbocycles. The standard InChI is InChI=1S/C18H23N3/c1-18(2,3)14-6-9-17(20-12-14)21-15-7-8-16-13(11-15)5-4-10-19-16/h6-9,11-12,19H,4-5,10H2,1-3H3,(H,20,21). The zero-order valence-electron chi connectivity index (χ0n) is 13.0. The van der Waals surface area contributed by atoms with Crippen LogP contribution in [0.25, 0.3) is 0 Å². The van der Waals surface area contributed by atoms with Crippen molar-refractivity contribution >= 4 is 17.2 Å². The second-order valence-corrected chi connectivity index (χ2v) is 6.71. The predicted octanol–water partition coefficient (Wildman–Crippen LogP) is 4.48. The van der Waals surface area contributed by atoms with Crippen LogP contribution in [-0.4, -0.2) is 11.5 Å². The summed E-state index contributed by atoms with van der Waals surface area (Å²) in [6.45, 7) is 7.68. The van der Waals surface area contributed by atoms with E-state index in [1.54, 1.807) is 0 Å². The summed E-state index contributed by atoms with van der Waals surface area (Å²) in [6, 6.07) is 10.7. The number of hydrogen-bond acceptors (Lipinski definition) is 3. The second-order valence-electron chi connectivity index (χ2n) is 6.71. The fraction of sp³-hybridized carbons (Fsp3) is 0.389. The molecule has 2 N–H and O–H groups in total. The Labute approximate surface area is 126 Å². The van der Waals surface area contributed by atoms with Gasteiger partial charge in [-0.15, -0.1) is 0 Å². The third-order valence-corrected chi connectivity index (χ3v) is 3.95. The number of benzene rings is 1. The summed E-state index contributed by atoms with van der Waals surface area (Å²) in [7, 11) is 0. The van der Waals surface area contributed by atoms with Gasteiger partial charge in [0.25, 0.3) is 0 Å². The first kappa shape index (κ1) is 13.9. The average molecular weight is 281 g/mol. The van der Waals surface area contributed by atoms with Crippen molar-refractivity contribution in [2.45, 2.75) is 39.0 Å². The highest BCUT2D eigenvalue weighted by molar-refractivity contribution is 5.64. The van der Waals surface area contributed by atoms with Gasteiger partial charge in [-0.3, -0.25) is 0 Å². The molecule has 1 aromatic carbocycles. The van der Waals surface area contributed by atoms with Crippen LogP contribution in [0.1, 0.15) is 38.3 Å². The van der Waals surface area contributed by atoms with Crippen molar-refractivity contribution in [2.24, 2.45) is 0 Å². The number of anilines is 3. The average Bonchev–Trinajstić information content (AvgIpc) is 2.47. The van der Waals surface area contributed by atoms with Crippen LogP contribution in [0.4, 0.5) is 17.2 Å². The van der Waals surface area contributed by atoms with Gasteiger partial charge in [-0.1, -0.05) is 26.8 Å². The Morgan fingerprint density at radius 1 is 1.14 bits per heavy atom. The molecule has 21 heavy (non-hydrogen) atoms. The summed E-state index contributed by atoms with van der Waals surface area (Å²) >= 11 is 0. The summed E-state index contributed by atoms with van der Waals surface area (Å²) in [5.74, 6) is 0.895. The van der Waals surface area contributed by atoms with Gasteiger partial charge in [-0.2, -0.15) is 0 Å². The molecule has 3 rings (SSSR count). The third kappa shape index (κ3) is 3.18. The highest BCUT2D eigenvalue weighted by Crippen LogP contribution is 2.27. The number of nitrogens with one attached hydrogen (secondary N) is 2. The lowest BCUT2D eigenvalue weighted by atomic mass is 9.88. The maximum atomic E-state index is 4.53. The summed E-state index contributed by atoms with van der Waals surface area (Å²) in [4.78, 5) is 4.53. The first-order valence-corrected chi connectivity index (χ1v) is 7.63. The molecule has 0 bridgehead atoms. The fourth-order valence-electron chi connectivity index (χ4n) is 2.61. The predicted molar refractivity (Wildman–Crippen MR) is 89.5 cm³/mol. The van der Waals surface area contributed by atoms with Gasteiger partial charge in [-0.05, 0) is 53.6 Å². The van der Waals surface area contributed by atoms with Crippen molar-refractivity contribution in [1.82, 2.24) is 4.98 Å². The zero-order valence-corrected chi connectivity index (χ0v) is 13.0. The summed E-state index contributed by atoms with van der Waals surface area (Å²) in [6.07, 6.45) is 4.31. The maximum absolute atomic E-state index is 4.53. The Balaban J connectivity index is 1.77. The van der Waals surface area contributed by atoms with Crippen LogP contribution >= 0.6 is 0 Å². The number of aryl methyl sites for hydroxylation is 1. The number of pyridine rings is 1. The maximum Gasteiger partial charge on any atom is 0.130 e. The molecule has 0 radical (unpaired) electrons. The largest absolute Gasteiger partial charge is 0.385 e. The molecular weight excluding hydrogens is 258 g/mol. The molecule has 2 heterocycles. The van der Waals surface area contributed by atoms with Crippen molar-refractivity contribution in [3.63, 3.8) is 0 Å². The number of nitrogens with zero attached hydrogens (tertiary/aromatic N) is 1. The number of fused-ring (bicyclic) bond motifs is 1. The molecule has 1 aliphatic rings. The van der Waals surface area contributed by atoms with Crippen LogP contribution in [0.3, 0.4) is 0 Å². The molecule has 0 spiro atoms. The SMILES string of the molecule is CC(C)(C)c1ccc(Nc2ccc3c(c2)CCCN3)nc1. The van der Waals surface area contributed by atoms with Gasteiger partial charge in [0.15, 0.2) is 0 Å². The third-order valence-electron chi connectivity index (χ3n) is 3.95. The summed E-state index contributed by atoms with van der Waals surface area (Å²) in [5.41, 5.74) is 5.15. The van der Waals surface area contributed by atoms with Gasteiger partial charge in [0.2, 0.25) is 0 Å². The fourth-order valence-corrected chi connectivity index (χ4v) is 2.61. The molecule has 0 atom stereocenters. The minimum Gasteiger partial charge on any atom is -0.385 e. The molecule has 2 aromatic rings. The first-order chi connectivity index (χ1) is 10.0. The topological polar surface area (TPSA) is 37.0 Å². The monoisotopic (exact) mass is 281 g/mol. The Bertz CT molecular complexity index is 624. The van der Waals surface area contributed by atoms with Crippen LogP contribution in [0.5, 0.6) is 0 Å². The molecule has 1 aliphatic heterocycles. The van der Waals surface area contributed by atoms with E-state index in [0.717, 1.165) is 24.5 Å². The van der Waals surface area contributed by atoms with Crippen molar-refractivity contribution in [3.05, 3.63) is 47.7 Å². The Hall–Kier alpha value is -2.03. The molecule has 1 aromatic heterocycles. The zero-order chi connectivity index (χ0) is 14.9. The van der Waals surface area contributed by atoms with E-state index in [4.69, 9.17) is 0 Å².